The second-order valence-corrected chi connectivity index (χ2v) is 11.8. The highest BCUT2D eigenvalue weighted by molar-refractivity contribution is 5.95. The van der Waals surface area contributed by atoms with Crippen molar-refractivity contribution < 1.29 is 10.0 Å². The van der Waals surface area contributed by atoms with Crippen LogP contribution in [0, 0.1) is 34.5 Å². The van der Waals surface area contributed by atoms with E-state index in [0.717, 1.165) is 68.9 Å². The van der Waals surface area contributed by atoms with E-state index in [0.29, 0.717) is 23.3 Å². The predicted molar refractivity (Wildman–Crippen MR) is 120 cm³/mol. The van der Waals surface area contributed by atoms with Crippen LogP contribution in [0.15, 0.2) is 10.3 Å². The first kappa shape index (κ1) is 20.8. The number of nitrogens with two attached hydrogens (primary N) is 1. The van der Waals surface area contributed by atoms with Crippen molar-refractivity contribution in [3.8, 4) is 0 Å². The third-order valence-electron chi connectivity index (χ3n) is 10.3. The van der Waals surface area contributed by atoms with Crippen molar-refractivity contribution in [1.82, 2.24) is 0 Å². The number of hydrogen-bond acceptors (Lipinski definition) is 5. The highest BCUT2D eigenvalue weighted by Crippen LogP contribution is 2.65. The maximum atomic E-state index is 9.99. The molecule has 0 saturated heterocycles. The highest BCUT2D eigenvalue weighted by Gasteiger charge is 2.59. The van der Waals surface area contributed by atoms with E-state index >= 15 is 0 Å². The van der Waals surface area contributed by atoms with E-state index in [2.05, 4.69) is 24.2 Å². The summed E-state index contributed by atoms with van der Waals surface area (Å²) in [6.45, 7) is 5.03. The topological polar surface area (TPSA) is 80.2 Å². The second-order valence-electron chi connectivity index (χ2n) is 11.8. The molecule has 0 radical (unpaired) electrons. The van der Waals surface area contributed by atoms with Gasteiger partial charge in [0.2, 0.25) is 0 Å². The van der Waals surface area contributed by atoms with Crippen LogP contribution in [0.3, 0.4) is 0 Å². The largest absolute Gasteiger partial charge is 0.411 e. The van der Waals surface area contributed by atoms with E-state index in [-0.39, 0.29) is 11.5 Å². The van der Waals surface area contributed by atoms with Crippen molar-refractivity contribution in [2.75, 3.05) is 0 Å². The van der Waals surface area contributed by atoms with Gasteiger partial charge in [0.1, 0.15) is 6.10 Å². The Kier molecular flexibility index (Phi) is 5.40. The molecule has 0 aromatic rings. The lowest BCUT2D eigenvalue weighted by Gasteiger charge is -2.59. The van der Waals surface area contributed by atoms with Crippen molar-refractivity contribution in [1.29, 1.82) is 0 Å². The molecule has 30 heavy (non-hydrogen) atoms. The molecule has 168 valence electrons. The normalized spacial score (nSPS) is 51.3. The SMILES string of the molecule is C[C@@]12CCC[C@H]1[C@@H]1C/C(=N\O)C3CC(=NOC4CCC(N)CC4)CC[C@]3(C)[C@H]1CC2. The van der Waals surface area contributed by atoms with Gasteiger partial charge in [-0.2, -0.15) is 0 Å². The van der Waals surface area contributed by atoms with Crippen molar-refractivity contribution in [2.45, 2.75) is 109 Å². The molecule has 0 aromatic carbocycles. The molecule has 6 atom stereocenters. The van der Waals surface area contributed by atoms with Crippen LogP contribution in [0.5, 0.6) is 0 Å². The summed E-state index contributed by atoms with van der Waals surface area (Å²) in [6, 6.07) is 0.337. The van der Waals surface area contributed by atoms with E-state index in [1.165, 1.54) is 37.8 Å². The summed E-state index contributed by atoms with van der Waals surface area (Å²) in [5.41, 5.74) is 9.01. The van der Waals surface area contributed by atoms with Crippen molar-refractivity contribution in [3.05, 3.63) is 0 Å². The fourth-order valence-corrected chi connectivity index (χ4v) is 8.41. The highest BCUT2D eigenvalue weighted by atomic mass is 16.6. The van der Waals surface area contributed by atoms with Crippen molar-refractivity contribution in [3.63, 3.8) is 0 Å². The average molecular weight is 416 g/mol. The molecule has 5 rings (SSSR count). The second kappa shape index (κ2) is 7.79. The smallest absolute Gasteiger partial charge is 0.127 e. The number of hydrogen-bond donors (Lipinski definition) is 2. The predicted octanol–water partition coefficient (Wildman–Crippen LogP) is 5.50. The average Bonchev–Trinajstić information content (AvgIpc) is 3.15. The minimum Gasteiger partial charge on any atom is -0.411 e. The van der Waals surface area contributed by atoms with Crippen molar-refractivity contribution >= 4 is 11.4 Å². The van der Waals surface area contributed by atoms with E-state index < -0.39 is 0 Å². The summed E-state index contributed by atoms with van der Waals surface area (Å²) in [5, 5.41) is 18.5. The van der Waals surface area contributed by atoms with Crippen LogP contribution >= 0.6 is 0 Å². The van der Waals surface area contributed by atoms with Gasteiger partial charge in [-0.05, 0) is 106 Å². The van der Waals surface area contributed by atoms with Crippen LogP contribution in [0.4, 0.5) is 0 Å². The molecule has 5 nitrogen and oxygen atoms in total. The van der Waals surface area contributed by atoms with Crippen LogP contribution in [0.25, 0.3) is 0 Å². The zero-order chi connectivity index (χ0) is 20.9. The lowest BCUT2D eigenvalue weighted by atomic mass is 9.45. The summed E-state index contributed by atoms with van der Waals surface area (Å²) in [4.78, 5) is 5.96. The fraction of sp³-hybridized carbons (Fsp3) is 0.920. The van der Waals surface area contributed by atoms with Gasteiger partial charge in [-0.15, -0.1) is 0 Å². The summed E-state index contributed by atoms with van der Waals surface area (Å²) >= 11 is 0. The Morgan fingerprint density at radius 3 is 2.53 bits per heavy atom. The molecule has 0 amide bonds. The molecule has 1 unspecified atom stereocenters. The molecule has 0 heterocycles. The first-order chi connectivity index (χ1) is 14.4. The molecule has 5 aliphatic rings. The van der Waals surface area contributed by atoms with E-state index in [4.69, 9.17) is 10.6 Å². The van der Waals surface area contributed by atoms with Gasteiger partial charge < -0.3 is 15.8 Å². The van der Waals surface area contributed by atoms with Gasteiger partial charge in [-0.1, -0.05) is 30.6 Å². The van der Waals surface area contributed by atoms with Crippen LogP contribution in [-0.4, -0.2) is 28.8 Å². The third kappa shape index (κ3) is 3.40. The Balaban J connectivity index is 1.32. The quantitative estimate of drug-likeness (QED) is 0.461. The zero-order valence-corrected chi connectivity index (χ0v) is 19.0. The Morgan fingerprint density at radius 1 is 0.967 bits per heavy atom. The summed E-state index contributed by atoms with van der Waals surface area (Å²) in [7, 11) is 0. The minimum absolute atomic E-state index is 0.228. The van der Waals surface area contributed by atoms with Gasteiger partial charge in [0.15, 0.2) is 0 Å². The van der Waals surface area contributed by atoms with Gasteiger partial charge in [0.05, 0.1) is 11.4 Å². The summed E-state index contributed by atoms with van der Waals surface area (Å²) in [6.07, 6.45) is 15.3. The molecule has 5 fully saturated rings. The molecule has 0 spiro atoms. The van der Waals surface area contributed by atoms with Crippen LogP contribution in [0.2, 0.25) is 0 Å². The van der Waals surface area contributed by atoms with Gasteiger partial charge in [0, 0.05) is 12.0 Å². The third-order valence-corrected chi connectivity index (χ3v) is 10.3. The van der Waals surface area contributed by atoms with Gasteiger partial charge in [-0.3, -0.25) is 0 Å². The summed E-state index contributed by atoms with van der Waals surface area (Å²) < 4.78 is 0. The lowest BCUT2D eigenvalue weighted by molar-refractivity contribution is -0.0556. The maximum Gasteiger partial charge on any atom is 0.127 e. The Morgan fingerprint density at radius 2 is 1.77 bits per heavy atom. The molecule has 3 N–H and O–H groups in total. The monoisotopic (exact) mass is 415 g/mol. The van der Waals surface area contributed by atoms with Gasteiger partial charge in [-0.25, -0.2) is 0 Å². The molecule has 0 bridgehead atoms. The van der Waals surface area contributed by atoms with E-state index in [1.807, 2.05) is 0 Å². The molecular formula is C25H41N3O2. The Labute approximate surface area is 181 Å². The Bertz CT molecular complexity index is 713. The number of oxime groups is 2. The first-order valence-corrected chi connectivity index (χ1v) is 12.6. The molecule has 0 aromatic heterocycles. The number of fused-ring (bicyclic) bond motifs is 5. The fourth-order valence-electron chi connectivity index (χ4n) is 8.41. The lowest BCUT2D eigenvalue weighted by Crippen LogP contribution is -2.56. The molecule has 5 heteroatoms. The molecule has 5 saturated carbocycles. The molecular weight excluding hydrogens is 374 g/mol. The molecule has 5 aliphatic carbocycles. The number of rotatable bonds is 2. The van der Waals surface area contributed by atoms with E-state index in [1.54, 1.807) is 0 Å². The number of nitrogens with zero attached hydrogens (tertiary/aromatic N) is 2. The van der Waals surface area contributed by atoms with Gasteiger partial charge >= 0.3 is 0 Å². The van der Waals surface area contributed by atoms with Crippen molar-refractivity contribution in [2.24, 2.45) is 50.5 Å². The first-order valence-electron chi connectivity index (χ1n) is 12.6. The maximum absolute atomic E-state index is 9.99. The zero-order valence-electron chi connectivity index (χ0n) is 19.0. The van der Waals surface area contributed by atoms with Crippen LogP contribution in [0.1, 0.15) is 97.3 Å². The van der Waals surface area contributed by atoms with Crippen LogP contribution < -0.4 is 5.73 Å². The molecule has 0 aliphatic heterocycles. The minimum atomic E-state index is 0.228. The standard InChI is InChI=1S/C25H41N3O2/c1-24-11-3-4-20(24)19-15-23(27-29)22-14-17(9-13-25(22,2)21(19)10-12-24)28-30-18-7-5-16(26)6-8-18/h16,18-22,29H,3-15,26H2,1-2H3/b27-23+,28-17?/t16?,18?,19-,20-,21-,22?,24-,25+/m0/s1. The van der Waals surface area contributed by atoms with Gasteiger partial charge in [0.25, 0.3) is 0 Å². The van der Waals surface area contributed by atoms with Crippen LogP contribution in [-0.2, 0) is 4.84 Å². The Hall–Kier alpha value is -1.10. The summed E-state index contributed by atoms with van der Waals surface area (Å²) in [5.74, 6) is 2.62. The van der Waals surface area contributed by atoms with E-state index in [9.17, 15) is 5.21 Å².